The number of aliphatic hydroxyl groups is 1. The summed E-state index contributed by atoms with van der Waals surface area (Å²) in [6.07, 6.45) is 8.52. The molecule has 3 nitrogen and oxygen atoms in total. The second-order valence-corrected chi connectivity index (χ2v) is 5.56. The number of benzene rings is 1. The molecule has 0 spiro atoms. The summed E-state index contributed by atoms with van der Waals surface area (Å²) in [7, 11) is 0. The molecule has 3 N–H and O–H groups in total. The van der Waals surface area contributed by atoms with Crippen LogP contribution in [0.1, 0.15) is 56.6 Å². The Balaban J connectivity index is 0.00000200. The molecule has 0 saturated heterocycles. The largest absolute Gasteiger partial charge is 0.508 e. The number of nitrogens with one attached hydrogen (secondary N) is 1. The van der Waals surface area contributed by atoms with E-state index < -0.39 is 6.10 Å². The Morgan fingerprint density at radius 3 is 2.40 bits per heavy atom. The Kier molecular flexibility index (Phi) is 7.97. The van der Waals surface area contributed by atoms with Gasteiger partial charge in [-0.15, -0.1) is 12.4 Å². The van der Waals surface area contributed by atoms with Crippen molar-refractivity contribution in [2.24, 2.45) is 0 Å². The van der Waals surface area contributed by atoms with E-state index in [2.05, 4.69) is 5.32 Å². The molecule has 0 aliphatic heterocycles. The highest BCUT2D eigenvalue weighted by Crippen LogP contribution is 2.20. The number of hydrogen-bond donors (Lipinski definition) is 3. The number of hydrogen-bond acceptors (Lipinski definition) is 3. The highest BCUT2D eigenvalue weighted by atomic mass is 35.5. The standard InChI is InChI=1S/C16H25NO2.ClH/c18-15-10-6-7-13(11-15)16(19)12-17-14-8-4-2-1-3-5-9-14;/h6-7,10-11,14,16-19H,1-5,8-9,12H2;1H. The van der Waals surface area contributed by atoms with Gasteiger partial charge in [-0.25, -0.2) is 0 Å². The number of rotatable bonds is 4. The first-order valence-electron chi connectivity index (χ1n) is 7.46. The minimum atomic E-state index is -0.544. The fraction of sp³-hybridized carbons (Fsp3) is 0.625. The van der Waals surface area contributed by atoms with Crippen molar-refractivity contribution in [3.63, 3.8) is 0 Å². The first kappa shape index (κ1) is 17.3. The number of aliphatic hydroxyl groups excluding tert-OH is 1. The summed E-state index contributed by atoms with van der Waals surface area (Å²) in [5, 5.41) is 23.0. The molecule has 0 aromatic heterocycles. The van der Waals surface area contributed by atoms with Crippen molar-refractivity contribution in [3.8, 4) is 5.75 Å². The van der Waals surface area contributed by atoms with Gasteiger partial charge in [-0.2, -0.15) is 0 Å². The molecule has 1 aromatic rings. The van der Waals surface area contributed by atoms with E-state index in [0.717, 1.165) is 5.56 Å². The molecule has 1 aromatic carbocycles. The Bertz CT molecular complexity index is 378. The smallest absolute Gasteiger partial charge is 0.115 e. The molecule has 0 heterocycles. The second kappa shape index (κ2) is 9.22. The Hall–Kier alpha value is -0.770. The molecular formula is C16H26ClNO2. The van der Waals surface area contributed by atoms with E-state index in [0.29, 0.717) is 12.6 Å². The van der Waals surface area contributed by atoms with Gasteiger partial charge in [0.05, 0.1) is 6.10 Å². The summed E-state index contributed by atoms with van der Waals surface area (Å²) in [6.45, 7) is 0.564. The van der Waals surface area contributed by atoms with E-state index in [9.17, 15) is 10.2 Å². The van der Waals surface area contributed by atoms with Gasteiger partial charge >= 0.3 is 0 Å². The first-order valence-corrected chi connectivity index (χ1v) is 7.46. The summed E-state index contributed by atoms with van der Waals surface area (Å²) in [6, 6.07) is 7.41. The lowest BCUT2D eigenvalue weighted by Gasteiger charge is -2.22. The van der Waals surface area contributed by atoms with Crippen LogP contribution in [0.25, 0.3) is 0 Å². The zero-order chi connectivity index (χ0) is 13.5. The SMILES string of the molecule is Cl.Oc1cccc(C(O)CNC2CCCCCCC2)c1. The van der Waals surface area contributed by atoms with Crippen LogP contribution in [0.3, 0.4) is 0 Å². The molecule has 114 valence electrons. The maximum absolute atomic E-state index is 10.1. The molecule has 4 heteroatoms. The van der Waals surface area contributed by atoms with Gasteiger partial charge in [0.1, 0.15) is 5.75 Å². The molecule has 0 bridgehead atoms. The maximum atomic E-state index is 10.1. The average Bonchev–Trinajstić information content (AvgIpc) is 2.37. The van der Waals surface area contributed by atoms with Crippen molar-refractivity contribution in [2.75, 3.05) is 6.54 Å². The number of phenols is 1. The van der Waals surface area contributed by atoms with Crippen LogP contribution in [0.4, 0.5) is 0 Å². The molecule has 1 fully saturated rings. The first-order chi connectivity index (χ1) is 9.25. The molecule has 1 aliphatic carbocycles. The van der Waals surface area contributed by atoms with E-state index in [-0.39, 0.29) is 18.2 Å². The predicted molar refractivity (Wildman–Crippen MR) is 84.4 cm³/mol. The molecule has 0 radical (unpaired) electrons. The van der Waals surface area contributed by atoms with Crippen LogP contribution < -0.4 is 5.32 Å². The van der Waals surface area contributed by atoms with Crippen molar-refractivity contribution >= 4 is 12.4 Å². The lowest BCUT2D eigenvalue weighted by Crippen LogP contribution is -2.33. The minimum absolute atomic E-state index is 0. The van der Waals surface area contributed by atoms with E-state index in [1.54, 1.807) is 18.2 Å². The van der Waals surface area contributed by atoms with Crippen molar-refractivity contribution in [1.82, 2.24) is 5.32 Å². The molecule has 0 amide bonds. The van der Waals surface area contributed by atoms with Crippen molar-refractivity contribution in [3.05, 3.63) is 29.8 Å². The monoisotopic (exact) mass is 299 g/mol. The fourth-order valence-electron chi connectivity index (χ4n) is 2.79. The Morgan fingerprint density at radius 2 is 1.75 bits per heavy atom. The third kappa shape index (κ3) is 5.70. The predicted octanol–water partition coefficient (Wildman–Crippen LogP) is 3.55. The third-order valence-electron chi connectivity index (χ3n) is 3.96. The fourth-order valence-corrected chi connectivity index (χ4v) is 2.79. The molecule has 20 heavy (non-hydrogen) atoms. The van der Waals surface area contributed by atoms with Crippen LogP contribution in [0, 0.1) is 0 Å². The lowest BCUT2D eigenvalue weighted by atomic mass is 9.96. The van der Waals surface area contributed by atoms with Gasteiger partial charge in [0.25, 0.3) is 0 Å². The van der Waals surface area contributed by atoms with Gasteiger partial charge in [0, 0.05) is 12.6 Å². The van der Waals surface area contributed by atoms with Crippen LogP contribution in [-0.2, 0) is 0 Å². The van der Waals surface area contributed by atoms with Crippen LogP contribution in [0.5, 0.6) is 5.75 Å². The van der Waals surface area contributed by atoms with E-state index in [1.807, 2.05) is 6.07 Å². The quantitative estimate of drug-likeness (QED) is 0.797. The normalized spacial score (nSPS) is 18.6. The topological polar surface area (TPSA) is 52.5 Å². The van der Waals surface area contributed by atoms with Gasteiger partial charge < -0.3 is 15.5 Å². The number of phenolic OH excluding ortho intramolecular Hbond substituents is 1. The number of halogens is 1. The summed E-state index contributed by atoms with van der Waals surface area (Å²) < 4.78 is 0. The molecule has 2 rings (SSSR count). The summed E-state index contributed by atoms with van der Waals surface area (Å²) in [5.41, 5.74) is 0.776. The molecule has 1 unspecified atom stereocenters. The second-order valence-electron chi connectivity index (χ2n) is 5.56. The summed E-state index contributed by atoms with van der Waals surface area (Å²) in [5.74, 6) is 0.211. The van der Waals surface area contributed by atoms with Crippen LogP contribution in [-0.4, -0.2) is 22.8 Å². The third-order valence-corrected chi connectivity index (χ3v) is 3.96. The van der Waals surface area contributed by atoms with Gasteiger partial charge in [-0.05, 0) is 30.5 Å². The van der Waals surface area contributed by atoms with Gasteiger partial charge in [0.15, 0.2) is 0 Å². The van der Waals surface area contributed by atoms with Crippen molar-refractivity contribution < 1.29 is 10.2 Å². The minimum Gasteiger partial charge on any atom is -0.508 e. The van der Waals surface area contributed by atoms with Gasteiger partial charge in [-0.1, -0.05) is 44.2 Å². The van der Waals surface area contributed by atoms with Crippen LogP contribution in [0.15, 0.2) is 24.3 Å². The maximum Gasteiger partial charge on any atom is 0.115 e. The Labute approximate surface area is 127 Å². The lowest BCUT2D eigenvalue weighted by molar-refractivity contribution is 0.166. The summed E-state index contributed by atoms with van der Waals surface area (Å²) >= 11 is 0. The zero-order valence-corrected chi connectivity index (χ0v) is 12.7. The number of aromatic hydroxyl groups is 1. The highest BCUT2D eigenvalue weighted by Gasteiger charge is 2.14. The van der Waals surface area contributed by atoms with Gasteiger partial charge in [0.2, 0.25) is 0 Å². The van der Waals surface area contributed by atoms with Crippen LogP contribution in [0.2, 0.25) is 0 Å². The average molecular weight is 300 g/mol. The van der Waals surface area contributed by atoms with Gasteiger partial charge in [-0.3, -0.25) is 0 Å². The van der Waals surface area contributed by atoms with Crippen molar-refractivity contribution in [2.45, 2.75) is 57.1 Å². The highest BCUT2D eigenvalue weighted by molar-refractivity contribution is 5.85. The van der Waals surface area contributed by atoms with Crippen LogP contribution >= 0.6 is 12.4 Å². The zero-order valence-electron chi connectivity index (χ0n) is 11.9. The van der Waals surface area contributed by atoms with E-state index >= 15 is 0 Å². The molecule has 1 aliphatic rings. The van der Waals surface area contributed by atoms with Crippen molar-refractivity contribution in [1.29, 1.82) is 0 Å². The molecule has 1 saturated carbocycles. The van der Waals surface area contributed by atoms with E-state index in [1.165, 1.54) is 44.9 Å². The molecule has 1 atom stereocenters. The molecular weight excluding hydrogens is 274 g/mol. The van der Waals surface area contributed by atoms with E-state index in [4.69, 9.17) is 0 Å². The Morgan fingerprint density at radius 1 is 1.10 bits per heavy atom. The summed E-state index contributed by atoms with van der Waals surface area (Å²) in [4.78, 5) is 0.